The third-order valence-electron chi connectivity index (χ3n) is 2.52. The minimum Gasteiger partial charge on any atom is -0.489 e. The molecule has 0 heterocycles. The van der Waals surface area contributed by atoms with Crippen molar-refractivity contribution in [2.75, 3.05) is 46.8 Å². The maximum absolute atomic E-state index is 9.11. The van der Waals surface area contributed by atoms with Crippen LogP contribution in [-0.4, -0.2) is 51.9 Å². The van der Waals surface area contributed by atoms with Crippen LogP contribution in [-0.2, 0) is 20.8 Å². The fraction of sp³-hybridized carbons (Fsp3) is 0.571. The van der Waals surface area contributed by atoms with Gasteiger partial charge in [0.2, 0.25) is 0 Å². The lowest BCUT2D eigenvalue weighted by atomic mass is 10.2. The zero-order valence-corrected chi connectivity index (χ0v) is 15.1. The molecule has 0 aliphatic carbocycles. The van der Waals surface area contributed by atoms with Crippen LogP contribution in [0.2, 0.25) is 0 Å². The number of benzene rings is 1. The van der Waals surface area contributed by atoms with Crippen molar-refractivity contribution in [3.8, 4) is 5.75 Å². The van der Waals surface area contributed by atoms with E-state index in [1.165, 1.54) is 0 Å². The van der Waals surface area contributed by atoms with E-state index in [0.29, 0.717) is 45.4 Å². The topological polar surface area (TPSA) is 57.2 Å². The average Bonchev–Trinajstić information content (AvgIpc) is 2.47. The molecule has 1 aromatic rings. The van der Waals surface area contributed by atoms with Gasteiger partial charge < -0.3 is 24.1 Å². The van der Waals surface area contributed by atoms with E-state index in [9.17, 15) is 0 Å². The molecule has 1 aromatic carbocycles. The molecule has 0 saturated heterocycles. The Kier molecular flexibility index (Phi) is 10.2. The predicted molar refractivity (Wildman–Crippen MR) is 86.8 cm³/mol. The van der Waals surface area contributed by atoms with E-state index in [1.807, 2.05) is 12.1 Å². The highest BCUT2D eigenvalue weighted by Gasteiger charge is 2.08. The molecule has 0 spiro atoms. The first-order valence-electron chi connectivity index (χ1n) is 6.55. The summed E-state index contributed by atoms with van der Waals surface area (Å²) in [5.41, 5.74) is 0.811. The number of hydrogen-bond acceptors (Lipinski definition) is 5. The maximum Gasteiger partial charge on any atom is 0.147 e. The second-order valence-corrected chi connectivity index (χ2v) is 5.82. The van der Waals surface area contributed by atoms with E-state index >= 15 is 0 Å². The van der Waals surface area contributed by atoms with Gasteiger partial charge in [-0.25, -0.2) is 0 Å². The van der Waals surface area contributed by atoms with Crippen LogP contribution in [0.15, 0.2) is 21.1 Å². The van der Waals surface area contributed by atoms with Gasteiger partial charge in [-0.2, -0.15) is 0 Å². The third kappa shape index (κ3) is 7.58. The van der Waals surface area contributed by atoms with Gasteiger partial charge in [0.15, 0.2) is 0 Å². The Bertz CT molecular complexity index is 391. The largest absolute Gasteiger partial charge is 0.489 e. The Labute approximate surface area is 141 Å². The standard InChI is InChI=1S/C14H20Br2O5/c1-18-2-3-19-4-5-20-6-7-21-14-12(15)8-11(10-17)9-13(14)16/h8-9,17H,2-7,10H2,1H3. The smallest absolute Gasteiger partial charge is 0.147 e. The maximum atomic E-state index is 9.11. The number of hydrogen-bond donors (Lipinski definition) is 1. The van der Waals surface area contributed by atoms with E-state index in [-0.39, 0.29) is 6.61 Å². The zero-order chi connectivity index (χ0) is 15.5. The molecule has 21 heavy (non-hydrogen) atoms. The van der Waals surface area contributed by atoms with Gasteiger partial charge in [0.25, 0.3) is 0 Å². The molecule has 0 saturated carbocycles. The Balaban J connectivity index is 2.18. The highest BCUT2D eigenvalue weighted by Crippen LogP contribution is 2.34. The summed E-state index contributed by atoms with van der Waals surface area (Å²) in [6.45, 7) is 3.15. The van der Waals surface area contributed by atoms with Gasteiger partial charge in [-0.1, -0.05) is 0 Å². The lowest BCUT2D eigenvalue weighted by molar-refractivity contribution is 0.0178. The molecule has 0 atom stereocenters. The summed E-state index contributed by atoms with van der Waals surface area (Å²) in [6, 6.07) is 3.65. The summed E-state index contributed by atoms with van der Waals surface area (Å²) in [7, 11) is 1.64. The van der Waals surface area contributed by atoms with Crippen molar-refractivity contribution in [1.82, 2.24) is 0 Å². The fourth-order valence-corrected chi connectivity index (χ4v) is 3.02. The lowest BCUT2D eigenvalue weighted by Gasteiger charge is -2.12. The summed E-state index contributed by atoms with van der Waals surface area (Å²) < 4.78 is 22.8. The molecule has 5 nitrogen and oxygen atoms in total. The monoisotopic (exact) mass is 426 g/mol. The lowest BCUT2D eigenvalue weighted by Crippen LogP contribution is -2.12. The molecule has 0 radical (unpaired) electrons. The van der Waals surface area contributed by atoms with Gasteiger partial charge in [-0.05, 0) is 49.6 Å². The van der Waals surface area contributed by atoms with E-state index in [1.54, 1.807) is 7.11 Å². The average molecular weight is 428 g/mol. The van der Waals surface area contributed by atoms with Crippen LogP contribution >= 0.6 is 31.9 Å². The van der Waals surface area contributed by atoms with Crippen LogP contribution in [0.5, 0.6) is 5.75 Å². The van der Waals surface area contributed by atoms with Crippen LogP contribution in [0.1, 0.15) is 5.56 Å². The number of methoxy groups -OCH3 is 1. The molecule has 120 valence electrons. The molecule has 0 aliphatic rings. The van der Waals surface area contributed by atoms with Crippen molar-refractivity contribution in [2.45, 2.75) is 6.61 Å². The minimum atomic E-state index is -0.0103. The SMILES string of the molecule is COCCOCCOCCOc1c(Br)cc(CO)cc1Br. The second kappa shape index (κ2) is 11.4. The first kappa shape index (κ1) is 18.9. The van der Waals surface area contributed by atoms with Crippen molar-refractivity contribution in [1.29, 1.82) is 0 Å². The molecule has 1 N–H and O–H groups in total. The zero-order valence-electron chi connectivity index (χ0n) is 11.9. The normalized spacial score (nSPS) is 10.9. The summed E-state index contributed by atoms with van der Waals surface area (Å²) in [5.74, 6) is 0.701. The van der Waals surface area contributed by atoms with Crippen LogP contribution in [0, 0.1) is 0 Å². The molecule has 0 amide bonds. The summed E-state index contributed by atoms with van der Waals surface area (Å²) >= 11 is 6.84. The fourth-order valence-electron chi connectivity index (χ4n) is 1.51. The van der Waals surface area contributed by atoms with E-state index < -0.39 is 0 Å². The highest BCUT2D eigenvalue weighted by atomic mass is 79.9. The Morgan fingerprint density at radius 2 is 1.43 bits per heavy atom. The van der Waals surface area contributed by atoms with Crippen molar-refractivity contribution >= 4 is 31.9 Å². The van der Waals surface area contributed by atoms with E-state index in [0.717, 1.165) is 14.5 Å². The third-order valence-corrected chi connectivity index (χ3v) is 3.70. The highest BCUT2D eigenvalue weighted by molar-refractivity contribution is 9.11. The number of halogens is 2. The number of aliphatic hydroxyl groups excluding tert-OH is 1. The molecule has 0 bridgehead atoms. The van der Waals surface area contributed by atoms with Crippen LogP contribution in [0.3, 0.4) is 0 Å². The number of aliphatic hydroxyl groups is 1. The van der Waals surface area contributed by atoms with Crippen molar-refractivity contribution in [3.63, 3.8) is 0 Å². The minimum absolute atomic E-state index is 0.0103. The summed E-state index contributed by atoms with van der Waals surface area (Å²) in [6.07, 6.45) is 0. The predicted octanol–water partition coefficient (Wildman–Crippen LogP) is 2.76. The molecular weight excluding hydrogens is 408 g/mol. The van der Waals surface area contributed by atoms with Crippen molar-refractivity contribution in [3.05, 3.63) is 26.6 Å². The van der Waals surface area contributed by atoms with Gasteiger partial charge in [-0.15, -0.1) is 0 Å². The van der Waals surface area contributed by atoms with Crippen LogP contribution < -0.4 is 4.74 Å². The van der Waals surface area contributed by atoms with Crippen molar-refractivity contribution in [2.24, 2.45) is 0 Å². The Hall–Kier alpha value is -0.180. The van der Waals surface area contributed by atoms with Gasteiger partial charge in [0.1, 0.15) is 12.4 Å². The Morgan fingerprint density at radius 1 is 0.905 bits per heavy atom. The molecule has 0 unspecified atom stereocenters. The van der Waals surface area contributed by atoms with Gasteiger partial charge >= 0.3 is 0 Å². The molecule has 1 rings (SSSR count). The summed E-state index contributed by atoms with van der Waals surface area (Å²) in [5, 5.41) is 9.11. The van der Waals surface area contributed by atoms with Crippen LogP contribution in [0.25, 0.3) is 0 Å². The molecular formula is C14H20Br2O5. The molecule has 0 aliphatic heterocycles. The van der Waals surface area contributed by atoms with E-state index in [2.05, 4.69) is 31.9 Å². The number of ether oxygens (including phenoxy) is 4. The summed E-state index contributed by atoms with van der Waals surface area (Å²) in [4.78, 5) is 0. The quantitative estimate of drug-likeness (QED) is 0.550. The van der Waals surface area contributed by atoms with Gasteiger partial charge in [-0.3, -0.25) is 0 Å². The second-order valence-electron chi connectivity index (χ2n) is 4.11. The van der Waals surface area contributed by atoms with Crippen LogP contribution in [0.4, 0.5) is 0 Å². The van der Waals surface area contributed by atoms with Crippen molar-refractivity contribution < 1.29 is 24.1 Å². The first-order chi connectivity index (χ1) is 10.2. The van der Waals surface area contributed by atoms with E-state index in [4.69, 9.17) is 24.1 Å². The van der Waals surface area contributed by atoms with Gasteiger partial charge in [0.05, 0.1) is 48.6 Å². The van der Waals surface area contributed by atoms with Gasteiger partial charge in [0, 0.05) is 7.11 Å². The molecule has 7 heteroatoms. The Morgan fingerprint density at radius 3 is 1.95 bits per heavy atom. The molecule has 0 fully saturated rings. The molecule has 0 aromatic heterocycles. The number of rotatable bonds is 11. The first-order valence-corrected chi connectivity index (χ1v) is 8.13.